The van der Waals surface area contributed by atoms with E-state index in [2.05, 4.69) is 42.0 Å². The average molecular weight is 379 g/mol. The van der Waals surface area contributed by atoms with Gasteiger partial charge in [0.1, 0.15) is 0 Å². The number of anilines is 1. The van der Waals surface area contributed by atoms with Crippen LogP contribution in [0.5, 0.6) is 0 Å². The number of benzene rings is 1. The first-order valence-electron chi connectivity index (χ1n) is 4.68. The summed E-state index contributed by atoms with van der Waals surface area (Å²) in [7, 11) is 0. The fourth-order valence-corrected chi connectivity index (χ4v) is 2.91. The summed E-state index contributed by atoms with van der Waals surface area (Å²) in [5.41, 5.74) is 7.28. The van der Waals surface area contributed by atoms with Gasteiger partial charge in [-0.25, -0.2) is 0 Å². The largest absolute Gasteiger partial charge is 0.397 e. The number of nitrogen functional groups attached to an aromatic ring is 1. The number of nitrogens with two attached hydrogens (primary N) is 1. The van der Waals surface area contributed by atoms with Crippen LogP contribution in [-0.4, -0.2) is 16.4 Å². The first-order valence-corrected chi connectivity index (χ1v) is 7.66. The molecule has 0 amide bonds. The third-order valence-corrected chi connectivity index (χ3v) is 3.73. The molecule has 0 radical (unpaired) electrons. The van der Waals surface area contributed by atoms with Crippen LogP contribution in [0.3, 0.4) is 0 Å². The van der Waals surface area contributed by atoms with Gasteiger partial charge >= 0.3 is 0 Å². The smallest absolute Gasteiger partial charge is 0.260 e. The molecule has 0 aliphatic carbocycles. The summed E-state index contributed by atoms with van der Waals surface area (Å²) in [4.78, 5) is 4.29. The van der Waals surface area contributed by atoms with Crippen LogP contribution in [0.2, 0.25) is 0 Å². The van der Waals surface area contributed by atoms with Crippen LogP contribution in [0.1, 0.15) is 5.82 Å². The average Bonchev–Trinajstić information content (AvgIpc) is 2.72. The van der Waals surface area contributed by atoms with E-state index >= 15 is 0 Å². The van der Waals surface area contributed by atoms with E-state index in [1.165, 1.54) is 0 Å². The molecule has 0 spiro atoms. The minimum absolute atomic E-state index is 0.438. The molecule has 1 heterocycles. The van der Waals surface area contributed by atoms with Crippen molar-refractivity contribution in [2.75, 3.05) is 12.0 Å². The van der Waals surface area contributed by atoms with Crippen LogP contribution in [0.4, 0.5) is 5.69 Å². The number of hydrogen-bond donors (Lipinski definition) is 1. The second-order valence-corrected chi connectivity index (χ2v) is 5.93. The summed E-state index contributed by atoms with van der Waals surface area (Å²) in [5, 5.41) is 3.89. The van der Waals surface area contributed by atoms with Gasteiger partial charge in [-0.15, -0.1) is 0 Å². The molecule has 0 atom stereocenters. The van der Waals surface area contributed by atoms with E-state index in [1.54, 1.807) is 11.8 Å². The summed E-state index contributed by atoms with van der Waals surface area (Å²) in [6.45, 7) is 0. The third kappa shape index (κ3) is 2.83. The molecule has 0 fully saturated rings. The third-order valence-electron chi connectivity index (χ3n) is 2.07. The molecular formula is C10H9Br2N3OS. The molecule has 4 nitrogen and oxygen atoms in total. The van der Waals surface area contributed by atoms with Gasteiger partial charge in [-0.1, -0.05) is 21.1 Å². The van der Waals surface area contributed by atoms with Crippen LogP contribution in [0.15, 0.2) is 25.6 Å². The van der Waals surface area contributed by atoms with E-state index in [0.717, 1.165) is 20.3 Å². The van der Waals surface area contributed by atoms with E-state index in [-0.39, 0.29) is 0 Å². The maximum absolute atomic E-state index is 5.97. The number of nitrogens with zero attached hydrogens (tertiary/aromatic N) is 2. The summed E-state index contributed by atoms with van der Waals surface area (Å²) in [6.07, 6.45) is 1.99. The maximum Gasteiger partial charge on any atom is 0.260 e. The van der Waals surface area contributed by atoms with Crippen molar-refractivity contribution < 1.29 is 4.52 Å². The fraction of sp³-hybridized carbons (Fsp3) is 0.200. The van der Waals surface area contributed by atoms with Crippen LogP contribution in [-0.2, 0) is 5.75 Å². The van der Waals surface area contributed by atoms with Crippen LogP contribution in [0.25, 0.3) is 11.5 Å². The lowest BCUT2D eigenvalue weighted by Gasteiger charge is -2.04. The van der Waals surface area contributed by atoms with Gasteiger partial charge in [0.05, 0.1) is 17.0 Å². The molecule has 2 rings (SSSR count). The van der Waals surface area contributed by atoms with Gasteiger partial charge in [-0.3, -0.25) is 0 Å². The van der Waals surface area contributed by atoms with Gasteiger partial charge in [0.25, 0.3) is 5.89 Å². The Hall–Kier alpha value is -0.530. The van der Waals surface area contributed by atoms with E-state index in [0.29, 0.717) is 17.4 Å². The molecule has 0 aliphatic heterocycles. The monoisotopic (exact) mass is 377 g/mol. The lowest BCUT2D eigenvalue weighted by atomic mass is 10.2. The maximum atomic E-state index is 5.97. The molecule has 1 aromatic heterocycles. The van der Waals surface area contributed by atoms with Crippen molar-refractivity contribution in [2.45, 2.75) is 5.75 Å². The molecular weight excluding hydrogens is 370 g/mol. The zero-order valence-corrected chi connectivity index (χ0v) is 12.9. The lowest BCUT2D eigenvalue weighted by molar-refractivity contribution is 0.425. The predicted molar refractivity (Wildman–Crippen MR) is 76.8 cm³/mol. The molecule has 0 saturated carbocycles. The number of halogens is 2. The standard InChI is InChI=1S/C10H9Br2N3OS/c1-17-4-8-14-10(16-15-8)6-2-5(11)3-7(12)9(6)13/h2-3H,4,13H2,1H3. The Morgan fingerprint density at radius 1 is 1.41 bits per heavy atom. The molecule has 1 aromatic carbocycles. The van der Waals surface area contributed by atoms with Crippen molar-refractivity contribution in [3.05, 3.63) is 26.9 Å². The van der Waals surface area contributed by atoms with Crippen molar-refractivity contribution in [1.82, 2.24) is 10.1 Å². The highest BCUT2D eigenvalue weighted by atomic mass is 79.9. The molecule has 2 N–H and O–H groups in total. The summed E-state index contributed by atoms with van der Waals surface area (Å²) in [5.74, 6) is 1.83. The Balaban J connectivity index is 2.44. The lowest BCUT2D eigenvalue weighted by Crippen LogP contribution is -1.92. The molecule has 0 aliphatic rings. The first-order chi connectivity index (χ1) is 8.11. The topological polar surface area (TPSA) is 64.9 Å². The van der Waals surface area contributed by atoms with Crippen molar-refractivity contribution >= 4 is 49.3 Å². The van der Waals surface area contributed by atoms with Crippen LogP contribution in [0, 0.1) is 0 Å². The predicted octanol–water partition coefficient (Wildman–Crippen LogP) is 3.71. The van der Waals surface area contributed by atoms with E-state index in [4.69, 9.17) is 10.3 Å². The molecule has 7 heteroatoms. The van der Waals surface area contributed by atoms with E-state index in [1.807, 2.05) is 18.4 Å². The van der Waals surface area contributed by atoms with Crippen molar-refractivity contribution in [3.63, 3.8) is 0 Å². The van der Waals surface area contributed by atoms with E-state index in [9.17, 15) is 0 Å². The molecule has 90 valence electrons. The molecule has 0 bridgehead atoms. The van der Waals surface area contributed by atoms with Gasteiger partial charge < -0.3 is 10.3 Å². The number of aromatic nitrogens is 2. The highest BCUT2D eigenvalue weighted by Gasteiger charge is 2.14. The van der Waals surface area contributed by atoms with Gasteiger partial charge in [-0.05, 0) is 34.3 Å². The fourth-order valence-electron chi connectivity index (χ4n) is 1.31. The zero-order chi connectivity index (χ0) is 12.4. The number of hydrogen-bond acceptors (Lipinski definition) is 5. The van der Waals surface area contributed by atoms with Crippen molar-refractivity contribution in [1.29, 1.82) is 0 Å². The number of thioether (sulfide) groups is 1. The Kier molecular flexibility index (Phi) is 4.11. The van der Waals surface area contributed by atoms with Gasteiger partial charge in [-0.2, -0.15) is 16.7 Å². The first kappa shape index (κ1) is 12.9. The second kappa shape index (κ2) is 5.41. The molecule has 0 saturated heterocycles. The summed E-state index contributed by atoms with van der Waals surface area (Å²) in [6, 6.07) is 3.73. The Labute approximate surface area is 120 Å². The molecule has 0 unspecified atom stereocenters. The molecule has 17 heavy (non-hydrogen) atoms. The Bertz CT molecular complexity index is 544. The summed E-state index contributed by atoms with van der Waals surface area (Å²) < 4.78 is 6.90. The van der Waals surface area contributed by atoms with E-state index < -0.39 is 0 Å². The summed E-state index contributed by atoms with van der Waals surface area (Å²) >= 11 is 8.42. The zero-order valence-electron chi connectivity index (χ0n) is 8.91. The van der Waals surface area contributed by atoms with Gasteiger partial charge in [0, 0.05) is 8.95 Å². The highest BCUT2D eigenvalue weighted by molar-refractivity contribution is 9.11. The normalized spacial score (nSPS) is 10.8. The van der Waals surface area contributed by atoms with Crippen LogP contribution >= 0.6 is 43.6 Å². The molecule has 2 aromatic rings. The SMILES string of the molecule is CSCc1noc(-c2cc(Br)cc(Br)c2N)n1. The van der Waals surface area contributed by atoms with Gasteiger partial charge in [0.2, 0.25) is 0 Å². The van der Waals surface area contributed by atoms with Crippen LogP contribution < -0.4 is 5.73 Å². The second-order valence-electron chi connectivity index (χ2n) is 3.30. The Morgan fingerprint density at radius 3 is 2.88 bits per heavy atom. The minimum atomic E-state index is 0.438. The van der Waals surface area contributed by atoms with Crippen molar-refractivity contribution in [3.8, 4) is 11.5 Å². The Morgan fingerprint density at radius 2 is 2.18 bits per heavy atom. The van der Waals surface area contributed by atoms with Gasteiger partial charge in [0.15, 0.2) is 5.82 Å². The quantitative estimate of drug-likeness (QED) is 0.824. The minimum Gasteiger partial charge on any atom is -0.397 e. The highest BCUT2D eigenvalue weighted by Crippen LogP contribution is 2.34. The number of rotatable bonds is 3. The van der Waals surface area contributed by atoms with Crippen molar-refractivity contribution in [2.24, 2.45) is 0 Å².